The van der Waals surface area contributed by atoms with Crippen LogP contribution in [0.15, 0.2) is 42.7 Å². The Kier molecular flexibility index (Phi) is 4.22. The molecule has 0 fully saturated rings. The van der Waals surface area contributed by atoms with E-state index in [4.69, 9.17) is 0 Å². The van der Waals surface area contributed by atoms with E-state index < -0.39 is 11.6 Å². The number of hydrogen-bond donors (Lipinski definition) is 1. The van der Waals surface area contributed by atoms with Crippen LogP contribution in [-0.2, 0) is 0 Å². The van der Waals surface area contributed by atoms with Gasteiger partial charge in [-0.1, -0.05) is 0 Å². The summed E-state index contributed by atoms with van der Waals surface area (Å²) in [5.41, 5.74) is 1.39. The molecule has 0 saturated heterocycles. The molecule has 1 aromatic carbocycles. The third kappa shape index (κ3) is 3.35. The van der Waals surface area contributed by atoms with Crippen molar-refractivity contribution in [1.29, 1.82) is 0 Å². The lowest BCUT2D eigenvalue weighted by Crippen LogP contribution is -2.23. The second-order valence-electron chi connectivity index (χ2n) is 4.56. The van der Waals surface area contributed by atoms with Gasteiger partial charge in [0.1, 0.15) is 11.6 Å². The predicted molar refractivity (Wildman–Crippen MR) is 70.6 cm³/mol. The van der Waals surface area contributed by atoms with E-state index in [2.05, 4.69) is 10.3 Å². The van der Waals surface area contributed by atoms with E-state index in [0.717, 1.165) is 17.7 Å². The highest BCUT2D eigenvalue weighted by molar-refractivity contribution is 5.23. The lowest BCUT2D eigenvalue weighted by molar-refractivity contribution is 0.469. The van der Waals surface area contributed by atoms with Gasteiger partial charge in [-0.2, -0.15) is 0 Å². The molecule has 19 heavy (non-hydrogen) atoms. The summed E-state index contributed by atoms with van der Waals surface area (Å²) in [5, 5.41) is 3.25. The van der Waals surface area contributed by atoms with Gasteiger partial charge in [0.05, 0.1) is 0 Å². The van der Waals surface area contributed by atoms with E-state index in [-0.39, 0.29) is 12.1 Å². The zero-order chi connectivity index (χ0) is 13.8. The van der Waals surface area contributed by atoms with Gasteiger partial charge in [0, 0.05) is 30.0 Å². The summed E-state index contributed by atoms with van der Waals surface area (Å²) in [4.78, 5) is 3.95. The van der Waals surface area contributed by atoms with Gasteiger partial charge in [-0.25, -0.2) is 8.78 Å². The van der Waals surface area contributed by atoms with Gasteiger partial charge in [0.2, 0.25) is 0 Å². The fourth-order valence-electron chi connectivity index (χ4n) is 2.06. The number of benzene rings is 1. The number of pyridine rings is 1. The van der Waals surface area contributed by atoms with Crippen LogP contribution in [0.3, 0.4) is 0 Å². The smallest absolute Gasteiger partial charge is 0.128 e. The summed E-state index contributed by atoms with van der Waals surface area (Å²) in [7, 11) is 0. The second-order valence-corrected chi connectivity index (χ2v) is 4.56. The Bertz CT molecular complexity index is 543. The zero-order valence-corrected chi connectivity index (χ0v) is 10.9. The van der Waals surface area contributed by atoms with Crippen LogP contribution in [0.5, 0.6) is 0 Å². The minimum absolute atomic E-state index is 0.0284. The molecule has 2 atom stereocenters. The Morgan fingerprint density at radius 2 is 1.68 bits per heavy atom. The summed E-state index contributed by atoms with van der Waals surface area (Å²) in [6.07, 6.45) is 3.42. The van der Waals surface area contributed by atoms with Gasteiger partial charge >= 0.3 is 0 Å². The average molecular weight is 262 g/mol. The Hall–Kier alpha value is -1.81. The molecular formula is C15H16F2N2. The fraction of sp³-hybridized carbons (Fsp3) is 0.267. The van der Waals surface area contributed by atoms with Crippen molar-refractivity contribution in [3.05, 3.63) is 65.5 Å². The zero-order valence-electron chi connectivity index (χ0n) is 10.9. The van der Waals surface area contributed by atoms with E-state index in [1.54, 1.807) is 12.4 Å². The van der Waals surface area contributed by atoms with E-state index in [1.165, 1.54) is 6.07 Å². The maximum atomic E-state index is 13.7. The molecular weight excluding hydrogens is 246 g/mol. The summed E-state index contributed by atoms with van der Waals surface area (Å²) < 4.78 is 26.8. The Labute approximate surface area is 111 Å². The van der Waals surface area contributed by atoms with Gasteiger partial charge < -0.3 is 5.32 Å². The molecule has 4 heteroatoms. The van der Waals surface area contributed by atoms with Crippen LogP contribution in [0, 0.1) is 11.6 Å². The molecule has 1 unspecified atom stereocenters. The molecule has 100 valence electrons. The van der Waals surface area contributed by atoms with Crippen LogP contribution in [0.4, 0.5) is 8.78 Å². The van der Waals surface area contributed by atoms with Crippen molar-refractivity contribution in [3.8, 4) is 0 Å². The molecule has 0 spiro atoms. The second kappa shape index (κ2) is 5.89. The first-order valence-electron chi connectivity index (χ1n) is 6.19. The minimum atomic E-state index is -0.429. The molecule has 0 radical (unpaired) electrons. The van der Waals surface area contributed by atoms with Crippen LogP contribution in [0.1, 0.15) is 37.1 Å². The van der Waals surface area contributed by atoms with Gasteiger partial charge in [-0.05, 0) is 49.7 Å². The highest BCUT2D eigenvalue weighted by Gasteiger charge is 2.15. The van der Waals surface area contributed by atoms with Crippen LogP contribution >= 0.6 is 0 Å². The van der Waals surface area contributed by atoms with Crippen molar-refractivity contribution in [2.24, 2.45) is 0 Å². The standard InChI is InChI=1S/C15H16F2N2/c1-10(12-5-7-18-8-6-12)19-11(2)14-9-13(16)3-4-15(14)17/h3-11,19H,1-2H3/t10-,11?/m0/s1. The molecule has 0 aliphatic carbocycles. The molecule has 0 saturated carbocycles. The first kappa shape index (κ1) is 13.6. The number of nitrogens with one attached hydrogen (secondary N) is 1. The van der Waals surface area contributed by atoms with Gasteiger partial charge in [-0.15, -0.1) is 0 Å². The molecule has 0 aliphatic rings. The Balaban J connectivity index is 2.13. The number of nitrogens with zero attached hydrogens (tertiary/aromatic N) is 1. The van der Waals surface area contributed by atoms with Gasteiger partial charge in [0.25, 0.3) is 0 Å². The van der Waals surface area contributed by atoms with Crippen LogP contribution in [-0.4, -0.2) is 4.98 Å². The highest BCUT2D eigenvalue weighted by atomic mass is 19.1. The lowest BCUT2D eigenvalue weighted by Gasteiger charge is -2.21. The van der Waals surface area contributed by atoms with Crippen molar-refractivity contribution in [2.75, 3.05) is 0 Å². The summed E-state index contributed by atoms with van der Waals surface area (Å²) in [5.74, 6) is -0.829. The van der Waals surface area contributed by atoms with E-state index in [1.807, 2.05) is 26.0 Å². The molecule has 0 bridgehead atoms. The van der Waals surface area contributed by atoms with Crippen LogP contribution < -0.4 is 5.32 Å². The van der Waals surface area contributed by atoms with Crippen molar-refractivity contribution >= 4 is 0 Å². The molecule has 0 aliphatic heterocycles. The molecule has 0 amide bonds. The van der Waals surface area contributed by atoms with Gasteiger partial charge in [-0.3, -0.25) is 4.98 Å². The molecule has 2 aromatic rings. The summed E-state index contributed by atoms with van der Waals surface area (Å²) in [6, 6.07) is 7.04. The normalized spacial score (nSPS) is 14.1. The van der Waals surface area contributed by atoms with Crippen LogP contribution in [0.25, 0.3) is 0 Å². The molecule has 2 rings (SSSR count). The Morgan fingerprint density at radius 3 is 2.37 bits per heavy atom. The van der Waals surface area contributed by atoms with Gasteiger partial charge in [0.15, 0.2) is 0 Å². The fourth-order valence-corrected chi connectivity index (χ4v) is 2.06. The molecule has 1 heterocycles. The van der Waals surface area contributed by atoms with Crippen molar-refractivity contribution in [2.45, 2.75) is 25.9 Å². The maximum absolute atomic E-state index is 13.7. The number of halogens is 2. The van der Waals surface area contributed by atoms with Crippen LogP contribution in [0.2, 0.25) is 0 Å². The van der Waals surface area contributed by atoms with Crippen molar-refractivity contribution in [1.82, 2.24) is 10.3 Å². The largest absolute Gasteiger partial charge is 0.304 e. The Morgan fingerprint density at radius 1 is 1.00 bits per heavy atom. The average Bonchev–Trinajstić information content (AvgIpc) is 2.42. The third-order valence-corrected chi connectivity index (χ3v) is 3.13. The number of hydrogen-bond acceptors (Lipinski definition) is 2. The first-order chi connectivity index (χ1) is 9.08. The van der Waals surface area contributed by atoms with E-state index in [0.29, 0.717) is 5.56 Å². The summed E-state index contributed by atoms with van der Waals surface area (Å²) >= 11 is 0. The van der Waals surface area contributed by atoms with E-state index >= 15 is 0 Å². The summed E-state index contributed by atoms with van der Waals surface area (Å²) in [6.45, 7) is 3.79. The number of rotatable bonds is 4. The molecule has 2 nitrogen and oxygen atoms in total. The third-order valence-electron chi connectivity index (χ3n) is 3.13. The monoisotopic (exact) mass is 262 g/mol. The topological polar surface area (TPSA) is 24.9 Å². The molecule has 1 aromatic heterocycles. The predicted octanol–water partition coefficient (Wildman–Crippen LogP) is 3.77. The van der Waals surface area contributed by atoms with E-state index in [9.17, 15) is 8.78 Å². The molecule has 1 N–H and O–H groups in total. The van der Waals surface area contributed by atoms with Crippen molar-refractivity contribution in [3.63, 3.8) is 0 Å². The maximum Gasteiger partial charge on any atom is 0.128 e. The minimum Gasteiger partial charge on any atom is -0.304 e. The lowest BCUT2D eigenvalue weighted by atomic mass is 10.0. The van der Waals surface area contributed by atoms with Crippen molar-refractivity contribution < 1.29 is 8.78 Å². The first-order valence-corrected chi connectivity index (χ1v) is 6.19. The quantitative estimate of drug-likeness (QED) is 0.907. The number of aromatic nitrogens is 1. The highest BCUT2D eigenvalue weighted by Crippen LogP contribution is 2.21. The SMILES string of the molecule is CC(N[C@@H](C)c1ccncc1)c1cc(F)ccc1F.